The van der Waals surface area contributed by atoms with Gasteiger partial charge >= 0.3 is 0 Å². The van der Waals surface area contributed by atoms with Crippen LogP contribution >= 0.6 is 11.6 Å². The van der Waals surface area contributed by atoms with E-state index in [1.54, 1.807) is 19.2 Å². The fraction of sp³-hybridized carbons (Fsp3) is 0.571. The van der Waals surface area contributed by atoms with Gasteiger partial charge in [0.15, 0.2) is 5.60 Å². The molecule has 20 heavy (non-hydrogen) atoms. The van der Waals surface area contributed by atoms with Crippen LogP contribution in [0.1, 0.15) is 38.2 Å². The molecular formula is C14H17ClN2O3. The Labute approximate surface area is 122 Å². The summed E-state index contributed by atoms with van der Waals surface area (Å²) in [5.41, 5.74) is -1.19. The van der Waals surface area contributed by atoms with Crippen LogP contribution in [0.3, 0.4) is 0 Å². The average molecular weight is 297 g/mol. The number of anilines is 1. The van der Waals surface area contributed by atoms with Gasteiger partial charge in [-0.15, -0.1) is 0 Å². The van der Waals surface area contributed by atoms with Gasteiger partial charge in [0.25, 0.3) is 5.91 Å². The van der Waals surface area contributed by atoms with Crippen molar-refractivity contribution in [2.45, 2.75) is 44.4 Å². The molecule has 1 saturated heterocycles. The summed E-state index contributed by atoms with van der Waals surface area (Å²) in [6, 6.07) is 1.60. The second kappa shape index (κ2) is 4.98. The van der Waals surface area contributed by atoms with Crippen molar-refractivity contribution in [2.75, 3.05) is 11.5 Å². The van der Waals surface area contributed by atoms with Crippen molar-refractivity contribution in [3.63, 3.8) is 0 Å². The second-order valence-electron chi connectivity index (χ2n) is 5.20. The zero-order valence-corrected chi connectivity index (χ0v) is 12.1. The van der Waals surface area contributed by atoms with Crippen molar-refractivity contribution in [2.24, 2.45) is 0 Å². The lowest BCUT2D eigenvalue weighted by atomic mass is 9.94. The third kappa shape index (κ3) is 1.84. The Morgan fingerprint density at radius 3 is 3.05 bits per heavy atom. The van der Waals surface area contributed by atoms with Gasteiger partial charge in [-0.3, -0.25) is 9.69 Å². The van der Waals surface area contributed by atoms with Crippen molar-refractivity contribution >= 4 is 23.3 Å². The molecule has 2 aliphatic heterocycles. The molecule has 3 rings (SSSR count). The number of fused-ring (bicyclic) bond motifs is 1. The van der Waals surface area contributed by atoms with Crippen LogP contribution < -0.4 is 4.90 Å². The minimum Gasteiger partial charge on any atom is -0.375 e. The Kier molecular flexibility index (Phi) is 3.44. The molecule has 0 spiro atoms. The molecule has 0 radical (unpaired) electrons. The quantitative estimate of drug-likeness (QED) is 0.909. The van der Waals surface area contributed by atoms with Gasteiger partial charge in [0.2, 0.25) is 0 Å². The number of pyridine rings is 1. The standard InChI is InChI=1S/C14H17ClN2O3/c1-2-14(19)11-9(15)6-7-16-12(11)17(13(14)18)10-5-3-4-8-20-10/h6-7,10,19H,2-5,8H2,1H3. The molecule has 1 aromatic heterocycles. The highest BCUT2D eigenvalue weighted by atomic mass is 35.5. The Bertz CT molecular complexity index is 545. The van der Waals surface area contributed by atoms with Gasteiger partial charge in [0, 0.05) is 12.8 Å². The molecule has 0 aromatic carbocycles. The summed E-state index contributed by atoms with van der Waals surface area (Å²) in [5, 5.41) is 11.1. The predicted octanol–water partition coefficient (Wildman–Crippen LogP) is 2.21. The molecule has 2 unspecified atom stereocenters. The first-order chi connectivity index (χ1) is 9.59. The topological polar surface area (TPSA) is 62.7 Å². The average Bonchev–Trinajstić information content (AvgIpc) is 2.70. The minimum absolute atomic E-state index is 0.257. The zero-order valence-electron chi connectivity index (χ0n) is 11.3. The molecule has 1 amide bonds. The maximum atomic E-state index is 12.7. The van der Waals surface area contributed by atoms with Crippen LogP contribution in [0, 0.1) is 0 Å². The Morgan fingerprint density at radius 2 is 2.40 bits per heavy atom. The number of halogens is 1. The van der Waals surface area contributed by atoms with E-state index >= 15 is 0 Å². The van der Waals surface area contributed by atoms with Crippen molar-refractivity contribution in [1.29, 1.82) is 0 Å². The van der Waals surface area contributed by atoms with Crippen LogP contribution in [0.25, 0.3) is 0 Å². The number of aromatic nitrogens is 1. The number of ether oxygens (including phenoxy) is 1. The third-order valence-electron chi connectivity index (χ3n) is 4.05. The normalized spacial score (nSPS) is 29.6. The summed E-state index contributed by atoms with van der Waals surface area (Å²) in [6.07, 6.45) is 4.18. The highest BCUT2D eigenvalue weighted by molar-refractivity contribution is 6.33. The van der Waals surface area contributed by atoms with E-state index in [9.17, 15) is 9.90 Å². The summed E-state index contributed by atoms with van der Waals surface area (Å²) in [7, 11) is 0. The summed E-state index contributed by atoms with van der Waals surface area (Å²) in [6.45, 7) is 2.38. The molecule has 3 heterocycles. The number of aliphatic hydroxyl groups is 1. The monoisotopic (exact) mass is 296 g/mol. The van der Waals surface area contributed by atoms with Crippen molar-refractivity contribution in [1.82, 2.24) is 4.98 Å². The number of rotatable bonds is 2. The first kappa shape index (κ1) is 13.8. The van der Waals surface area contributed by atoms with E-state index in [0.717, 1.165) is 19.3 Å². The second-order valence-corrected chi connectivity index (χ2v) is 5.61. The van der Waals surface area contributed by atoms with E-state index in [0.29, 0.717) is 23.0 Å². The van der Waals surface area contributed by atoms with Gasteiger partial charge < -0.3 is 9.84 Å². The first-order valence-corrected chi connectivity index (χ1v) is 7.30. The van der Waals surface area contributed by atoms with Gasteiger partial charge in [-0.25, -0.2) is 4.98 Å². The fourth-order valence-electron chi connectivity index (χ4n) is 2.92. The van der Waals surface area contributed by atoms with Gasteiger partial charge in [0.05, 0.1) is 10.6 Å². The molecule has 1 aromatic rings. The predicted molar refractivity (Wildman–Crippen MR) is 74.5 cm³/mol. The smallest absolute Gasteiger partial charge is 0.267 e. The fourth-order valence-corrected chi connectivity index (χ4v) is 3.22. The van der Waals surface area contributed by atoms with Crippen molar-refractivity contribution in [3.05, 3.63) is 22.8 Å². The van der Waals surface area contributed by atoms with E-state index in [1.807, 2.05) is 0 Å². The van der Waals surface area contributed by atoms with E-state index in [1.165, 1.54) is 4.90 Å². The number of amides is 1. The molecule has 0 saturated carbocycles. The molecule has 5 nitrogen and oxygen atoms in total. The van der Waals surface area contributed by atoms with Gasteiger partial charge in [-0.2, -0.15) is 0 Å². The number of carbonyl (C=O) groups is 1. The van der Waals surface area contributed by atoms with Crippen LogP contribution in [0.15, 0.2) is 12.3 Å². The van der Waals surface area contributed by atoms with Gasteiger partial charge in [-0.1, -0.05) is 18.5 Å². The van der Waals surface area contributed by atoms with E-state index in [4.69, 9.17) is 16.3 Å². The summed E-state index contributed by atoms with van der Waals surface area (Å²) in [5.74, 6) is 0.0428. The number of hydrogen-bond donors (Lipinski definition) is 1. The Morgan fingerprint density at radius 1 is 1.60 bits per heavy atom. The molecule has 2 aliphatic rings. The van der Waals surface area contributed by atoms with Crippen LogP contribution in [0.4, 0.5) is 5.82 Å². The van der Waals surface area contributed by atoms with Crippen molar-refractivity contribution < 1.29 is 14.6 Å². The number of hydrogen-bond acceptors (Lipinski definition) is 4. The Hall–Kier alpha value is -1.17. The zero-order chi connectivity index (χ0) is 14.3. The van der Waals surface area contributed by atoms with Crippen molar-refractivity contribution in [3.8, 4) is 0 Å². The molecule has 0 bridgehead atoms. The molecule has 0 aliphatic carbocycles. The largest absolute Gasteiger partial charge is 0.375 e. The Balaban J connectivity index is 2.10. The third-order valence-corrected chi connectivity index (χ3v) is 4.36. The van der Waals surface area contributed by atoms with Crippen LogP contribution in [-0.2, 0) is 15.1 Å². The van der Waals surface area contributed by atoms with Crippen LogP contribution in [0.5, 0.6) is 0 Å². The molecule has 6 heteroatoms. The molecular weight excluding hydrogens is 280 g/mol. The van der Waals surface area contributed by atoms with E-state index < -0.39 is 5.60 Å². The summed E-state index contributed by atoms with van der Waals surface area (Å²) in [4.78, 5) is 18.4. The van der Waals surface area contributed by atoms with Gasteiger partial charge in [0.1, 0.15) is 12.0 Å². The number of nitrogens with zero attached hydrogens (tertiary/aromatic N) is 2. The highest BCUT2D eigenvalue weighted by Crippen LogP contribution is 2.46. The highest BCUT2D eigenvalue weighted by Gasteiger charge is 2.53. The maximum Gasteiger partial charge on any atom is 0.267 e. The summed E-state index contributed by atoms with van der Waals surface area (Å²) >= 11 is 6.18. The summed E-state index contributed by atoms with van der Waals surface area (Å²) < 4.78 is 5.68. The van der Waals surface area contributed by atoms with Crippen LogP contribution in [-0.4, -0.2) is 28.8 Å². The maximum absolute atomic E-state index is 12.7. The first-order valence-electron chi connectivity index (χ1n) is 6.92. The van der Waals surface area contributed by atoms with E-state index in [2.05, 4.69) is 4.98 Å². The lowest BCUT2D eigenvalue weighted by molar-refractivity contribution is -0.139. The SMILES string of the molecule is CCC1(O)C(=O)N(C2CCCCO2)c2nccc(Cl)c21. The van der Waals surface area contributed by atoms with Crippen LogP contribution in [0.2, 0.25) is 5.02 Å². The lowest BCUT2D eigenvalue weighted by Crippen LogP contribution is -2.47. The molecule has 2 atom stereocenters. The molecule has 1 N–H and O–H groups in total. The van der Waals surface area contributed by atoms with Gasteiger partial charge in [-0.05, 0) is 31.7 Å². The number of carbonyl (C=O) groups excluding carboxylic acids is 1. The molecule has 108 valence electrons. The minimum atomic E-state index is -1.60. The molecule has 1 fully saturated rings. The van der Waals surface area contributed by atoms with E-state index in [-0.39, 0.29) is 18.6 Å². The lowest BCUT2D eigenvalue weighted by Gasteiger charge is -2.31.